The minimum Gasteiger partial charge on any atom is -0.236 e. The second-order valence-electron chi connectivity index (χ2n) is 4.86. The Balaban J connectivity index is 1.95. The number of hydrogen-bond acceptors (Lipinski definition) is 2. The third-order valence-electron chi connectivity index (χ3n) is 3.65. The van der Waals surface area contributed by atoms with Crippen molar-refractivity contribution in [3.63, 3.8) is 0 Å². The molecule has 0 bridgehead atoms. The lowest BCUT2D eigenvalue weighted by Crippen LogP contribution is -2.07. The molecule has 1 heterocycles. The van der Waals surface area contributed by atoms with Gasteiger partial charge in [-0.1, -0.05) is 42.8 Å². The van der Waals surface area contributed by atoms with Gasteiger partial charge in [-0.05, 0) is 46.3 Å². The number of benzene rings is 1. The third-order valence-corrected chi connectivity index (χ3v) is 4.98. The molecule has 0 aliphatic heterocycles. The van der Waals surface area contributed by atoms with Crippen molar-refractivity contribution in [3.05, 3.63) is 56.5 Å². The summed E-state index contributed by atoms with van der Waals surface area (Å²) in [6, 6.07) is 8.56. The van der Waals surface area contributed by atoms with E-state index in [0.29, 0.717) is 11.1 Å². The van der Waals surface area contributed by atoms with Gasteiger partial charge in [0.05, 0.1) is 10.2 Å². The normalized spacial score (nSPS) is 14.7. The number of halogens is 2. The molecule has 0 spiro atoms. The van der Waals surface area contributed by atoms with Crippen LogP contribution in [0.15, 0.2) is 28.7 Å². The largest absolute Gasteiger partial charge is 0.236 e. The highest BCUT2D eigenvalue weighted by Crippen LogP contribution is 2.34. The maximum Gasteiger partial charge on any atom is 0.147 e. The van der Waals surface area contributed by atoms with E-state index in [1.807, 2.05) is 0 Å². The van der Waals surface area contributed by atoms with Crippen molar-refractivity contribution >= 4 is 27.5 Å². The Hall–Kier alpha value is -0.930. The average molecular weight is 338 g/mol. The number of hydrogen-bond donors (Lipinski definition) is 0. The molecular weight excluding hydrogens is 324 g/mol. The molecule has 0 saturated carbocycles. The second-order valence-corrected chi connectivity index (χ2v) is 6.01. The molecule has 1 aliphatic carbocycles. The Morgan fingerprint density at radius 3 is 2.42 bits per heavy atom. The molecule has 2 aromatic rings. The third kappa shape index (κ3) is 2.41. The molecule has 0 saturated heterocycles. The summed E-state index contributed by atoms with van der Waals surface area (Å²) in [5, 5.41) is 0.526. The van der Waals surface area contributed by atoms with Gasteiger partial charge in [0.15, 0.2) is 0 Å². The van der Waals surface area contributed by atoms with Crippen LogP contribution in [0.4, 0.5) is 0 Å². The van der Waals surface area contributed by atoms with Gasteiger partial charge in [0.2, 0.25) is 0 Å². The summed E-state index contributed by atoms with van der Waals surface area (Å²) >= 11 is 9.64. The van der Waals surface area contributed by atoms with Crippen molar-refractivity contribution in [2.24, 2.45) is 0 Å². The standard InChI is InChI=1S/C15H14BrClN2/c1-2-12-13(16)14(17)19-15(18-12)11-7-9-5-3-4-6-10(9)8-11/h3-6,11H,2,7-8H2,1H3. The Labute approximate surface area is 126 Å². The van der Waals surface area contributed by atoms with Gasteiger partial charge >= 0.3 is 0 Å². The van der Waals surface area contributed by atoms with Crippen LogP contribution in [-0.2, 0) is 19.3 Å². The topological polar surface area (TPSA) is 25.8 Å². The maximum atomic E-state index is 6.19. The summed E-state index contributed by atoms with van der Waals surface area (Å²) in [6.07, 6.45) is 2.88. The van der Waals surface area contributed by atoms with Gasteiger partial charge in [-0.15, -0.1) is 0 Å². The molecule has 1 aromatic carbocycles. The van der Waals surface area contributed by atoms with E-state index in [2.05, 4.69) is 57.1 Å². The van der Waals surface area contributed by atoms with Crippen molar-refractivity contribution in [1.29, 1.82) is 0 Å². The minimum absolute atomic E-state index is 0.355. The van der Waals surface area contributed by atoms with Crippen LogP contribution in [-0.4, -0.2) is 9.97 Å². The molecule has 0 atom stereocenters. The first-order valence-electron chi connectivity index (χ1n) is 6.47. The molecule has 0 N–H and O–H groups in total. The van der Waals surface area contributed by atoms with E-state index in [-0.39, 0.29) is 0 Å². The first kappa shape index (κ1) is 13.1. The number of rotatable bonds is 2. The minimum atomic E-state index is 0.355. The predicted molar refractivity (Wildman–Crippen MR) is 80.7 cm³/mol. The lowest BCUT2D eigenvalue weighted by Gasteiger charge is -2.11. The van der Waals surface area contributed by atoms with Gasteiger partial charge in [-0.25, -0.2) is 9.97 Å². The van der Waals surface area contributed by atoms with Crippen molar-refractivity contribution < 1.29 is 0 Å². The number of aromatic nitrogens is 2. The fraction of sp³-hybridized carbons (Fsp3) is 0.333. The Morgan fingerprint density at radius 1 is 1.21 bits per heavy atom. The summed E-state index contributed by atoms with van der Waals surface area (Å²) in [5.41, 5.74) is 3.81. The van der Waals surface area contributed by atoms with Gasteiger partial charge < -0.3 is 0 Å². The summed E-state index contributed by atoms with van der Waals surface area (Å²) in [5.74, 6) is 1.23. The Bertz CT molecular complexity index is 603. The number of nitrogens with zero attached hydrogens (tertiary/aromatic N) is 2. The molecule has 0 unspecified atom stereocenters. The van der Waals surface area contributed by atoms with Crippen LogP contribution in [0, 0.1) is 0 Å². The van der Waals surface area contributed by atoms with Crippen LogP contribution in [0.3, 0.4) is 0 Å². The van der Waals surface area contributed by atoms with Crippen LogP contribution >= 0.6 is 27.5 Å². The lowest BCUT2D eigenvalue weighted by atomic mass is 10.1. The first-order chi connectivity index (χ1) is 9.19. The monoisotopic (exact) mass is 336 g/mol. The molecule has 19 heavy (non-hydrogen) atoms. The molecule has 4 heteroatoms. The smallest absolute Gasteiger partial charge is 0.147 e. The molecule has 2 nitrogen and oxygen atoms in total. The van der Waals surface area contributed by atoms with Crippen molar-refractivity contribution in [1.82, 2.24) is 9.97 Å². The molecule has 0 fully saturated rings. The van der Waals surface area contributed by atoms with Gasteiger partial charge in [-0.2, -0.15) is 0 Å². The fourth-order valence-corrected chi connectivity index (χ4v) is 3.29. The highest BCUT2D eigenvalue weighted by molar-refractivity contribution is 9.10. The molecule has 1 aromatic heterocycles. The Morgan fingerprint density at radius 2 is 1.84 bits per heavy atom. The van der Waals surface area contributed by atoms with Crippen molar-refractivity contribution in [2.75, 3.05) is 0 Å². The molecular formula is C15H14BrClN2. The summed E-state index contributed by atoms with van der Waals surface area (Å²) in [7, 11) is 0. The van der Waals surface area contributed by atoms with Crippen LogP contribution in [0.25, 0.3) is 0 Å². The van der Waals surface area contributed by atoms with Crippen molar-refractivity contribution in [3.8, 4) is 0 Å². The molecule has 0 amide bonds. The summed E-state index contributed by atoms with van der Waals surface area (Å²) < 4.78 is 0.830. The van der Waals surface area contributed by atoms with E-state index < -0.39 is 0 Å². The van der Waals surface area contributed by atoms with E-state index in [1.165, 1.54) is 11.1 Å². The fourth-order valence-electron chi connectivity index (χ4n) is 2.64. The van der Waals surface area contributed by atoms with Gasteiger partial charge in [0, 0.05) is 5.92 Å². The van der Waals surface area contributed by atoms with Crippen LogP contribution in [0.1, 0.15) is 35.5 Å². The zero-order valence-electron chi connectivity index (χ0n) is 10.7. The molecule has 1 aliphatic rings. The SMILES string of the molecule is CCc1nc(C2Cc3ccccc3C2)nc(Cl)c1Br. The van der Waals surface area contributed by atoms with E-state index in [9.17, 15) is 0 Å². The quantitative estimate of drug-likeness (QED) is 0.762. The molecule has 3 rings (SSSR count). The highest BCUT2D eigenvalue weighted by atomic mass is 79.9. The second kappa shape index (κ2) is 5.22. The predicted octanol–water partition coefficient (Wildman–Crippen LogP) is 4.34. The Kier molecular flexibility index (Phi) is 3.59. The molecule has 98 valence electrons. The summed E-state index contributed by atoms with van der Waals surface area (Å²) in [4.78, 5) is 9.13. The van der Waals surface area contributed by atoms with Gasteiger partial charge in [0.25, 0.3) is 0 Å². The van der Waals surface area contributed by atoms with Crippen LogP contribution < -0.4 is 0 Å². The van der Waals surface area contributed by atoms with E-state index in [4.69, 9.17) is 11.6 Å². The van der Waals surface area contributed by atoms with E-state index >= 15 is 0 Å². The van der Waals surface area contributed by atoms with E-state index in [1.54, 1.807) is 0 Å². The zero-order chi connectivity index (χ0) is 13.4. The van der Waals surface area contributed by atoms with E-state index in [0.717, 1.165) is 35.3 Å². The lowest BCUT2D eigenvalue weighted by molar-refractivity contribution is 0.673. The van der Waals surface area contributed by atoms with Gasteiger partial charge in [0.1, 0.15) is 11.0 Å². The van der Waals surface area contributed by atoms with Crippen molar-refractivity contribution in [2.45, 2.75) is 32.1 Å². The molecule has 0 radical (unpaired) electrons. The average Bonchev–Trinajstić information content (AvgIpc) is 2.85. The van der Waals surface area contributed by atoms with Crippen LogP contribution in [0.5, 0.6) is 0 Å². The highest BCUT2D eigenvalue weighted by Gasteiger charge is 2.25. The van der Waals surface area contributed by atoms with Gasteiger partial charge in [-0.3, -0.25) is 0 Å². The zero-order valence-corrected chi connectivity index (χ0v) is 13.0. The summed E-state index contributed by atoms with van der Waals surface area (Å²) in [6.45, 7) is 2.08. The van der Waals surface area contributed by atoms with Crippen LogP contribution in [0.2, 0.25) is 5.15 Å². The maximum absolute atomic E-state index is 6.19. The first-order valence-corrected chi connectivity index (χ1v) is 7.64. The number of aryl methyl sites for hydroxylation is 1. The number of fused-ring (bicyclic) bond motifs is 1.